The molecule has 1 N–H and O–H groups in total. The van der Waals surface area contributed by atoms with E-state index in [2.05, 4.69) is 5.32 Å². The number of rotatable bonds is 5. The fourth-order valence-corrected chi connectivity index (χ4v) is 2.79. The Hall–Kier alpha value is -2.82. The molecule has 1 fully saturated rings. The van der Waals surface area contributed by atoms with Crippen LogP contribution in [0.1, 0.15) is 13.3 Å². The predicted octanol–water partition coefficient (Wildman–Crippen LogP) is 3.08. The Morgan fingerprint density at radius 1 is 1.17 bits per heavy atom. The molecular formula is C19H20N2O3. The van der Waals surface area contributed by atoms with Gasteiger partial charge in [0.2, 0.25) is 11.8 Å². The number of nitrogens with zero attached hydrogens (tertiary/aromatic N) is 1. The molecule has 2 aromatic rings. The number of nitrogens with one attached hydrogen (secondary N) is 1. The molecule has 1 heterocycles. The van der Waals surface area contributed by atoms with Crippen LogP contribution >= 0.6 is 0 Å². The van der Waals surface area contributed by atoms with Crippen LogP contribution < -0.4 is 15.0 Å². The summed E-state index contributed by atoms with van der Waals surface area (Å²) in [5.74, 6) is 0.269. The molecular weight excluding hydrogens is 304 g/mol. The molecule has 0 saturated carbocycles. The average Bonchev–Trinajstić information content (AvgIpc) is 3.00. The lowest BCUT2D eigenvalue weighted by molar-refractivity contribution is -0.122. The van der Waals surface area contributed by atoms with Crippen molar-refractivity contribution in [2.75, 3.05) is 23.4 Å². The van der Waals surface area contributed by atoms with Crippen LogP contribution in [0.3, 0.4) is 0 Å². The summed E-state index contributed by atoms with van der Waals surface area (Å²) in [6, 6.07) is 16.7. The number of hydrogen-bond acceptors (Lipinski definition) is 3. The summed E-state index contributed by atoms with van der Waals surface area (Å²) in [6.07, 6.45) is 0.234. The highest BCUT2D eigenvalue weighted by molar-refractivity contribution is 6.03. The fraction of sp³-hybridized carbons (Fsp3) is 0.263. The van der Waals surface area contributed by atoms with E-state index < -0.39 is 0 Å². The van der Waals surface area contributed by atoms with Crippen molar-refractivity contribution < 1.29 is 14.3 Å². The molecule has 3 rings (SSSR count). The van der Waals surface area contributed by atoms with Gasteiger partial charge in [-0.3, -0.25) is 9.59 Å². The first-order valence-electron chi connectivity index (χ1n) is 8.06. The highest BCUT2D eigenvalue weighted by Crippen LogP contribution is 2.26. The van der Waals surface area contributed by atoms with E-state index in [1.165, 1.54) is 0 Å². The summed E-state index contributed by atoms with van der Waals surface area (Å²) in [5, 5.41) is 2.87. The largest absolute Gasteiger partial charge is 0.494 e. The van der Waals surface area contributed by atoms with Gasteiger partial charge in [0.05, 0.1) is 12.5 Å². The zero-order chi connectivity index (χ0) is 16.9. The zero-order valence-corrected chi connectivity index (χ0v) is 13.6. The molecule has 0 aliphatic carbocycles. The molecule has 1 saturated heterocycles. The number of para-hydroxylation sites is 1. The van der Waals surface area contributed by atoms with E-state index in [9.17, 15) is 9.59 Å². The summed E-state index contributed by atoms with van der Waals surface area (Å²) >= 11 is 0. The maximum atomic E-state index is 12.4. The van der Waals surface area contributed by atoms with Gasteiger partial charge in [-0.2, -0.15) is 0 Å². The zero-order valence-electron chi connectivity index (χ0n) is 13.6. The smallest absolute Gasteiger partial charge is 0.229 e. The van der Waals surface area contributed by atoms with Gasteiger partial charge in [-0.1, -0.05) is 18.2 Å². The Kier molecular flexibility index (Phi) is 4.79. The number of benzene rings is 2. The van der Waals surface area contributed by atoms with Crippen LogP contribution in [-0.4, -0.2) is 25.0 Å². The van der Waals surface area contributed by atoms with Gasteiger partial charge in [-0.05, 0) is 43.3 Å². The lowest BCUT2D eigenvalue weighted by Gasteiger charge is -2.16. The second-order valence-corrected chi connectivity index (χ2v) is 5.69. The molecule has 5 heteroatoms. The quantitative estimate of drug-likeness (QED) is 0.919. The molecule has 1 aliphatic rings. The number of carbonyl (C=O) groups excluding carboxylic acids is 2. The van der Waals surface area contributed by atoms with Crippen molar-refractivity contribution in [1.29, 1.82) is 0 Å². The van der Waals surface area contributed by atoms with Crippen LogP contribution in [0.5, 0.6) is 5.75 Å². The van der Waals surface area contributed by atoms with Crippen molar-refractivity contribution in [2.24, 2.45) is 5.92 Å². The number of amides is 2. The van der Waals surface area contributed by atoms with Crippen molar-refractivity contribution in [3.8, 4) is 5.75 Å². The molecule has 0 spiro atoms. The molecule has 0 aromatic heterocycles. The lowest BCUT2D eigenvalue weighted by Crippen LogP contribution is -2.28. The number of anilines is 2. The normalized spacial score (nSPS) is 17.0. The Morgan fingerprint density at radius 3 is 2.54 bits per heavy atom. The monoisotopic (exact) mass is 324 g/mol. The maximum absolute atomic E-state index is 12.4. The SMILES string of the molecule is CCOc1ccc(NC(=O)[C@H]2CC(=O)N(c3ccccc3)C2)cc1. The van der Waals surface area contributed by atoms with Gasteiger partial charge < -0.3 is 15.0 Å². The molecule has 2 amide bonds. The van der Waals surface area contributed by atoms with E-state index in [0.717, 1.165) is 11.4 Å². The fourth-order valence-electron chi connectivity index (χ4n) is 2.79. The highest BCUT2D eigenvalue weighted by atomic mass is 16.5. The third kappa shape index (κ3) is 3.56. The Morgan fingerprint density at radius 2 is 1.88 bits per heavy atom. The van der Waals surface area contributed by atoms with Gasteiger partial charge >= 0.3 is 0 Å². The van der Waals surface area contributed by atoms with Gasteiger partial charge in [0.25, 0.3) is 0 Å². The Labute approximate surface area is 141 Å². The molecule has 1 atom stereocenters. The first kappa shape index (κ1) is 16.1. The minimum Gasteiger partial charge on any atom is -0.494 e. The van der Waals surface area contributed by atoms with E-state index in [0.29, 0.717) is 18.8 Å². The van der Waals surface area contributed by atoms with Crippen LogP contribution in [0.25, 0.3) is 0 Å². The molecule has 0 radical (unpaired) electrons. The second-order valence-electron chi connectivity index (χ2n) is 5.69. The number of carbonyl (C=O) groups is 2. The number of hydrogen-bond donors (Lipinski definition) is 1. The third-order valence-corrected chi connectivity index (χ3v) is 4.00. The molecule has 24 heavy (non-hydrogen) atoms. The third-order valence-electron chi connectivity index (χ3n) is 4.00. The van der Waals surface area contributed by atoms with Crippen LogP contribution in [0.4, 0.5) is 11.4 Å². The molecule has 5 nitrogen and oxygen atoms in total. The first-order chi connectivity index (χ1) is 11.7. The van der Waals surface area contributed by atoms with Crippen molar-refractivity contribution >= 4 is 23.2 Å². The van der Waals surface area contributed by atoms with Gasteiger partial charge in [-0.25, -0.2) is 0 Å². The molecule has 0 unspecified atom stereocenters. The Bertz CT molecular complexity index is 713. The summed E-state index contributed by atoms with van der Waals surface area (Å²) in [6.45, 7) is 2.93. The van der Waals surface area contributed by atoms with Gasteiger partial charge in [-0.15, -0.1) is 0 Å². The topological polar surface area (TPSA) is 58.6 Å². The predicted molar refractivity (Wildman–Crippen MR) is 93.1 cm³/mol. The summed E-state index contributed by atoms with van der Waals surface area (Å²) < 4.78 is 5.38. The van der Waals surface area contributed by atoms with Crippen LogP contribution in [-0.2, 0) is 9.59 Å². The van der Waals surface area contributed by atoms with Crippen molar-refractivity contribution in [2.45, 2.75) is 13.3 Å². The highest BCUT2D eigenvalue weighted by Gasteiger charge is 2.35. The second kappa shape index (κ2) is 7.17. The van der Waals surface area contributed by atoms with Crippen LogP contribution in [0.15, 0.2) is 54.6 Å². The number of ether oxygens (including phenoxy) is 1. The van der Waals surface area contributed by atoms with Crippen molar-refractivity contribution in [3.63, 3.8) is 0 Å². The summed E-state index contributed by atoms with van der Waals surface area (Å²) in [7, 11) is 0. The van der Waals surface area contributed by atoms with E-state index in [4.69, 9.17) is 4.74 Å². The first-order valence-corrected chi connectivity index (χ1v) is 8.06. The van der Waals surface area contributed by atoms with E-state index in [-0.39, 0.29) is 24.2 Å². The van der Waals surface area contributed by atoms with Gasteiger partial charge in [0.1, 0.15) is 5.75 Å². The van der Waals surface area contributed by atoms with Gasteiger partial charge in [0.15, 0.2) is 0 Å². The Balaban J connectivity index is 1.62. The maximum Gasteiger partial charge on any atom is 0.229 e. The molecule has 0 bridgehead atoms. The lowest BCUT2D eigenvalue weighted by atomic mass is 10.1. The average molecular weight is 324 g/mol. The minimum absolute atomic E-state index is 0.0203. The summed E-state index contributed by atoms with van der Waals surface area (Å²) in [4.78, 5) is 26.3. The summed E-state index contributed by atoms with van der Waals surface area (Å²) in [5.41, 5.74) is 1.54. The molecule has 124 valence electrons. The minimum atomic E-state index is -0.343. The van der Waals surface area contributed by atoms with Crippen molar-refractivity contribution in [1.82, 2.24) is 0 Å². The van der Waals surface area contributed by atoms with E-state index >= 15 is 0 Å². The van der Waals surface area contributed by atoms with E-state index in [1.807, 2.05) is 49.4 Å². The molecule has 1 aliphatic heterocycles. The molecule has 2 aromatic carbocycles. The van der Waals surface area contributed by atoms with Gasteiger partial charge in [0, 0.05) is 24.3 Å². The van der Waals surface area contributed by atoms with E-state index in [1.54, 1.807) is 17.0 Å². The standard InChI is InChI=1S/C19H20N2O3/c1-2-24-17-10-8-15(9-11-17)20-19(23)14-12-18(22)21(13-14)16-6-4-3-5-7-16/h3-11,14H,2,12-13H2,1H3,(H,20,23)/t14-/m0/s1. The van der Waals surface area contributed by atoms with Crippen LogP contribution in [0, 0.1) is 5.92 Å². The van der Waals surface area contributed by atoms with Crippen molar-refractivity contribution in [3.05, 3.63) is 54.6 Å². The van der Waals surface area contributed by atoms with Crippen LogP contribution in [0.2, 0.25) is 0 Å².